The van der Waals surface area contributed by atoms with Gasteiger partial charge in [-0.3, -0.25) is 5.10 Å². The molecule has 0 amide bonds. The van der Waals surface area contributed by atoms with Crippen LogP contribution < -0.4 is 0 Å². The van der Waals surface area contributed by atoms with Crippen LogP contribution in [-0.4, -0.2) is 25.7 Å². The number of rotatable bonds is 5. The Morgan fingerprint density at radius 3 is 2.96 bits per heavy atom. The summed E-state index contributed by atoms with van der Waals surface area (Å²) in [7, 11) is 0. The molecule has 0 fully saturated rings. The molecule has 1 aromatic carbocycles. The number of para-hydroxylation sites is 1. The Hall–Kier alpha value is -2.51. The number of thiophene rings is 1. The van der Waals surface area contributed by atoms with Gasteiger partial charge in [-0.25, -0.2) is 0 Å². The van der Waals surface area contributed by atoms with E-state index in [2.05, 4.69) is 62.6 Å². The first-order valence-electron chi connectivity index (χ1n) is 8.07. The second-order valence-corrected chi connectivity index (χ2v) is 7.06. The largest absolute Gasteiger partial charge is 0.347 e. The van der Waals surface area contributed by atoms with E-state index >= 15 is 0 Å². The van der Waals surface area contributed by atoms with Crippen LogP contribution >= 0.6 is 23.6 Å². The fourth-order valence-corrected chi connectivity index (χ4v) is 3.79. The molecule has 0 bridgehead atoms. The zero-order valence-corrected chi connectivity index (χ0v) is 15.3. The van der Waals surface area contributed by atoms with Gasteiger partial charge >= 0.3 is 0 Å². The molecule has 0 aliphatic carbocycles. The van der Waals surface area contributed by atoms with Crippen molar-refractivity contribution in [1.82, 2.24) is 19.4 Å². The monoisotopic (exact) mass is 367 g/mol. The smallest absolute Gasteiger partial charge is 0.216 e. The van der Waals surface area contributed by atoms with Gasteiger partial charge in [0, 0.05) is 40.5 Å². The molecular weight excluding hydrogens is 350 g/mol. The molecule has 7 heteroatoms. The van der Waals surface area contributed by atoms with Crippen LogP contribution in [0.25, 0.3) is 10.9 Å². The highest BCUT2D eigenvalue weighted by Crippen LogP contribution is 2.20. The first-order chi connectivity index (χ1) is 12.3. The van der Waals surface area contributed by atoms with Gasteiger partial charge in [0.25, 0.3) is 0 Å². The molecule has 1 N–H and O–H groups in total. The first-order valence-corrected chi connectivity index (χ1v) is 9.36. The van der Waals surface area contributed by atoms with Crippen molar-refractivity contribution < 1.29 is 0 Å². The second kappa shape index (κ2) is 6.78. The standard InChI is InChI=1S/C18H17N5S2/c1-2-22-12-13(15-7-3-4-8-16(15)22)11-19-23-17(20-21-18(23)24)10-14-6-5-9-25-14/h3-9,11-12H,2,10H2,1H3,(H,21,24)/b19-11-. The van der Waals surface area contributed by atoms with Gasteiger partial charge in [-0.2, -0.15) is 14.9 Å². The summed E-state index contributed by atoms with van der Waals surface area (Å²) in [6.07, 6.45) is 4.69. The zero-order chi connectivity index (χ0) is 17.2. The van der Waals surface area contributed by atoms with Crippen molar-refractivity contribution in [3.63, 3.8) is 0 Å². The summed E-state index contributed by atoms with van der Waals surface area (Å²) in [6.45, 7) is 3.06. The number of benzene rings is 1. The van der Waals surface area contributed by atoms with Gasteiger partial charge < -0.3 is 4.57 Å². The van der Waals surface area contributed by atoms with E-state index < -0.39 is 0 Å². The van der Waals surface area contributed by atoms with Crippen LogP contribution in [0.1, 0.15) is 23.2 Å². The van der Waals surface area contributed by atoms with Crippen molar-refractivity contribution in [2.75, 3.05) is 0 Å². The maximum atomic E-state index is 5.34. The normalized spacial score (nSPS) is 11.7. The summed E-state index contributed by atoms with van der Waals surface area (Å²) in [6, 6.07) is 12.5. The van der Waals surface area contributed by atoms with Crippen LogP contribution in [-0.2, 0) is 13.0 Å². The van der Waals surface area contributed by atoms with E-state index in [0.29, 0.717) is 11.2 Å². The summed E-state index contributed by atoms with van der Waals surface area (Å²) in [4.78, 5) is 1.23. The summed E-state index contributed by atoms with van der Waals surface area (Å²) in [5, 5.41) is 15.0. The number of fused-ring (bicyclic) bond motifs is 1. The predicted octanol–water partition coefficient (Wildman–Crippen LogP) is 4.45. The van der Waals surface area contributed by atoms with Gasteiger partial charge in [0.15, 0.2) is 5.82 Å². The van der Waals surface area contributed by atoms with Crippen molar-refractivity contribution in [1.29, 1.82) is 0 Å². The Kier molecular flexibility index (Phi) is 4.33. The van der Waals surface area contributed by atoms with Gasteiger partial charge in [0.05, 0.1) is 6.21 Å². The van der Waals surface area contributed by atoms with E-state index in [-0.39, 0.29) is 0 Å². The molecule has 4 aromatic rings. The minimum absolute atomic E-state index is 0.502. The summed E-state index contributed by atoms with van der Waals surface area (Å²) in [5.41, 5.74) is 2.28. The third-order valence-corrected chi connectivity index (χ3v) is 5.24. The van der Waals surface area contributed by atoms with Crippen molar-refractivity contribution in [3.05, 3.63) is 69.0 Å². The SMILES string of the molecule is CCn1cc(/C=N\n2c(Cc3cccs3)n[nH]c2=S)c2ccccc21. The molecule has 0 aliphatic rings. The zero-order valence-electron chi connectivity index (χ0n) is 13.7. The lowest BCUT2D eigenvalue weighted by atomic mass is 10.2. The molecule has 4 rings (SSSR count). The van der Waals surface area contributed by atoms with Crippen LogP contribution in [0.4, 0.5) is 0 Å². The van der Waals surface area contributed by atoms with E-state index in [1.165, 1.54) is 15.8 Å². The van der Waals surface area contributed by atoms with E-state index in [1.54, 1.807) is 16.0 Å². The molecule has 0 saturated heterocycles. The van der Waals surface area contributed by atoms with E-state index in [1.807, 2.05) is 18.3 Å². The number of H-pyrrole nitrogens is 1. The molecule has 3 heterocycles. The Morgan fingerprint density at radius 2 is 2.16 bits per heavy atom. The molecule has 0 aliphatic heterocycles. The molecule has 5 nitrogen and oxygen atoms in total. The Labute approximate surface area is 154 Å². The van der Waals surface area contributed by atoms with Crippen LogP contribution in [0.3, 0.4) is 0 Å². The minimum Gasteiger partial charge on any atom is -0.347 e. The average molecular weight is 368 g/mol. The molecule has 126 valence electrons. The number of aryl methyl sites for hydroxylation is 1. The molecule has 0 atom stereocenters. The van der Waals surface area contributed by atoms with Crippen LogP contribution in [0.2, 0.25) is 0 Å². The molecule has 0 unspecified atom stereocenters. The van der Waals surface area contributed by atoms with E-state index in [9.17, 15) is 0 Å². The van der Waals surface area contributed by atoms with Crippen LogP contribution in [0.15, 0.2) is 53.1 Å². The Bertz CT molecular complexity index is 1080. The fraction of sp³-hybridized carbons (Fsp3) is 0.167. The number of aromatic nitrogens is 4. The van der Waals surface area contributed by atoms with E-state index in [0.717, 1.165) is 17.9 Å². The van der Waals surface area contributed by atoms with Crippen LogP contribution in [0.5, 0.6) is 0 Å². The molecule has 0 spiro atoms. The Balaban J connectivity index is 1.71. The van der Waals surface area contributed by atoms with Crippen LogP contribution in [0, 0.1) is 4.77 Å². The predicted molar refractivity (Wildman–Crippen MR) is 105 cm³/mol. The van der Waals surface area contributed by atoms with Gasteiger partial charge in [-0.15, -0.1) is 11.3 Å². The number of hydrogen-bond donors (Lipinski definition) is 1. The van der Waals surface area contributed by atoms with Crippen molar-refractivity contribution in [3.8, 4) is 0 Å². The molecule has 0 radical (unpaired) electrons. The highest BCUT2D eigenvalue weighted by atomic mass is 32.1. The maximum absolute atomic E-state index is 5.34. The summed E-state index contributed by atoms with van der Waals surface area (Å²) >= 11 is 7.04. The van der Waals surface area contributed by atoms with Gasteiger partial charge in [0.1, 0.15) is 0 Å². The maximum Gasteiger partial charge on any atom is 0.216 e. The average Bonchev–Trinajstić information content (AvgIpc) is 3.34. The van der Waals surface area contributed by atoms with Gasteiger partial charge in [-0.1, -0.05) is 24.3 Å². The van der Waals surface area contributed by atoms with E-state index in [4.69, 9.17) is 12.2 Å². The number of nitrogens with zero attached hydrogens (tertiary/aromatic N) is 4. The Morgan fingerprint density at radius 1 is 1.28 bits per heavy atom. The second-order valence-electron chi connectivity index (χ2n) is 5.65. The third kappa shape index (κ3) is 3.08. The lowest BCUT2D eigenvalue weighted by Crippen LogP contribution is -1.99. The van der Waals surface area contributed by atoms with Crippen molar-refractivity contribution >= 4 is 40.7 Å². The molecule has 0 saturated carbocycles. The lowest BCUT2D eigenvalue weighted by Gasteiger charge is -1.98. The minimum atomic E-state index is 0.502. The first kappa shape index (κ1) is 16.0. The number of hydrogen-bond acceptors (Lipinski definition) is 4. The quantitative estimate of drug-likeness (QED) is 0.418. The topological polar surface area (TPSA) is 50.9 Å². The lowest BCUT2D eigenvalue weighted by molar-refractivity contribution is 0.791. The molecule has 25 heavy (non-hydrogen) atoms. The molecule has 3 aromatic heterocycles. The summed E-state index contributed by atoms with van der Waals surface area (Å²) in [5.74, 6) is 0.808. The number of nitrogens with one attached hydrogen (secondary N) is 1. The highest BCUT2D eigenvalue weighted by Gasteiger charge is 2.08. The van der Waals surface area contributed by atoms with Crippen molar-refractivity contribution in [2.45, 2.75) is 19.9 Å². The summed E-state index contributed by atoms with van der Waals surface area (Å²) < 4.78 is 4.42. The molecular formula is C18H17N5S2. The fourth-order valence-electron chi connectivity index (χ4n) is 2.89. The van der Waals surface area contributed by atoms with Gasteiger partial charge in [0.2, 0.25) is 4.77 Å². The highest BCUT2D eigenvalue weighted by molar-refractivity contribution is 7.71. The van der Waals surface area contributed by atoms with Gasteiger partial charge in [-0.05, 0) is 36.7 Å². The van der Waals surface area contributed by atoms with Crippen molar-refractivity contribution in [2.24, 2.45) is 5.10 Å². The number of aromatic amines is 1. The third-order valence-electron chi connectivity index (χ3n) is 4.10.